The van der Waals surface area contributed by atoms with Crippen LogP contribution < -0.4 is 10.7 Å². The standard InChI is InChI=1S/C22H25ClN4O4S/c1-13(24-20(28)16-12-18(23)27-31-16)11-14-7-9-22(10-8-14)19(25-26-21(29)30-22)15-5-3-4-6-17(15)32-2/h3-6,12-14H,7-11H2,1-2H3,(H,24,28)(H,26,29)/t13-,14?,22?/m0/s1. The van der Waals surface area contributed by atoms with Crippen LogP contribution in [0.1, 0.15) is 55.1 Å². The van der Waals surface area contributed by atoms with Gasteiger partial charge in [0.1, 0.15) is 5.71 Å². The van der Waals surface area contributed by atoms with Gasteiger partial charge in [0, 0.05) is 22.6 Å². The van der Waals surface area contributed by atoms with Gasteiger partial charge in [0.05, 0.1) is 0 Å². The zero-order chi connectivity index (χ0) is 22.7. The molecule has 0 bridgehead atoms. The molecule has 2 heterocycles. The van der Waals surface area contributed by atoms with Gasteiger partial charge in [0.2, 0.25) is 5.76 Å². The molecular weight excluding hydrogens is 452 g/mol. The van der Waals surface area contributed by atoms with Gasteiger partial charge in [-0.3, -0.25) is 4.79 Å². The summed E-state index contributed by atoms with van der Waals surface area (Å²) in [6, 6.07) is 9.37. The molecule has 8 nitrogen and oxygen atoms in total. The number of nitrogens with one attached hydrogen (secondary N) is 2. The fourth-order valence-corrected chi connectivity index (χ4v) is 5.26. The van der Waals surface area contributed by atoms with E-state index in [1.807, 2.05) is 37.4 Å². The van der Waals surface area contributed by atoms with E-state index < -0.39 is 11.7 Å². The van der Waals surface area contributed by atoms with Gasteiger partial charge < -0.3 is 14.6 Å². The molecule has 1 aliphatic carbocycles. The number of hydrazone groups is 1. The van der Waals surface area contributed by atoms with Crippen molar-refractivity contribution in [2.24, 2.45) is 11.0 Å². The molecule has 1 spiro atoms. The quantitative estimate of drug-likeness (QED) is 0.589. The van der Waals surface area contributed by atoms with Crippen molar-refractivity contribution in [1.82, 2.24) is 15.9 Å². The van der Waals surface area contributed by atoms with E-state index in [0.29, 0.717) is 18.8 Å². The highest BCUT2D eigenvalue weighted by Gasteiger charge is 2.46. The van der Waals surface area contributed by atoms with Crippen molar-refractivity contribution >= 4 is 41.1 Å². The molecular formula is C22H25ClN4O4S. The van der Waals surface area contributed by atoms with E-state index in [0.717, 1.165) is 35.4 Å². The number of rotatable bonds is 6. The minimum absolute atomic E-state index is 0.0497. The van der Waals surface area contributed by atoms with Crippen LogP contribution in [0.2, 0.25) is 5.15 Å². The molecule has 4 rings (SSSR count). The van der Waals surface area contributed by atoms with Gasteiger partial charge in [-0.05, 0) is 57.3 Å². The third kappa shape index (κ3) is 4.78. The molecule has 2 N–H and O–H groups in total. The Morgan fingerprint density at radius 3 is 2.81 bits per heavy atom. The van der Waals surface area contributed by atoms with Crippen LogP contribution in [0.3, 0.4) is 0 Å². The van der Waals surface area contributed by atoms with E-state index in [9.17, 15) is 9.59 Å². The second-order valence-electron chi connectivity index (χ2n) is 8.22. The fraction of sp³-hybridized carbons (Fsp3) is 0.455. The Bertz CT molecular complexity index is 1030. The van der Waals surface area contributed by atoms with Gasteiger partial charge >= 0.3 is 6.09 Å². The lowest BCUT2D eigenvalue weighted by Crippen LogP contribution is -2.52. The minimum Gasteiger partial charge on any atom is -0.435 e. The number of hydrogen-bond acceptors (Lipinski definition) is 7. The average Bonchev–Trinajstić information content (AvgIpc) is 3.22. The van der Waals surface area contributed by atoms with Crippen LogP contribution in [0.5, 0.6) is 0 Å². The highest BCUT2D eigenvalue weighted by molar-refractivity contribution is 7.98. The molecule has 10 heteroatoms. The molecule has 1 aromatic heterocycles. The average molecular weight is 477 g/mol. The van der Waals surface area contributed by atoms with Gasteiger partial charge in [-0.15, -0.1) is 11.8 Å². The Morgan fingerprint density at radius 2 is 2.12 bits per heavy atom. The van der Waals surface area contributed by atoms with Crippen molar-refractivity contribution in [3.8, 4) is 0 Å². The third-order valence-electron chi connectivity index (χ3n) is 6.02. The van der Waals surface area contributed by atoms with E-state index in [4.69, 9.17) is 20.9 Å². The second kappa shape index (κ2) is 9.54. The first-order valence-corrected chi connectivity index (χ1v) is 12.1. The maximum absolute atomic E-state index is 12.3. The maximum Gasteiger partial charge on any atom is 0.428 e. The minimum atomic E-state index is -0.728. The third-order valence-corrected chi connectivity index (χ3v) is 7.00. The van der Waals surface area contributed by atoms with Crippen molar-refractivity contribution < 1.29 is 18.8 Å². The number of thioether (sulfide) groups is 1. The molecule has 1 aliphatic heterocycles. The predicted molar refractivity (Wildman–Crippen MR) is 122 cm³/mol. The lowest BCUT2D eigenvalue weighted by atomic mass is 9.73. The Kier molecular flexibility index (Phi) is 6.76. The lowest BCUT2D eigenvalue weighted by molar-refractivity contribution is 0.0153. The summed E-state index contributed by atoms with van der Waals surface area (Å²) in [6.07, 6.45) is 5.41. The van der Waals surface area contributed by atoms with Crippen LogP contribution in [-0.2, 0) is 4.74 Å². The van der Waals surface area contributed by atoms with Gasteiger partial charge in [-0.25, -0.2) is 10.2 Å². The largest absolute Gasteiger partial charge is 0.435 e. The number of amides is 2. The Hall–Kier alpha value is -2.52. The van der Waals surface area contributed by atoms with E-state index in [1.54, 1.807) is 11.8 Å². The Balaban J connectivity index is 1.41. The molecule has 0 radical (unpaired) electrons. The highest BCUT2D eigenvalue weighted by atomic mass is 35.5. The molecule has 1 aromatic carbocycles. The Morgan fingerprint density at radius 1 is 1.38 bits per heavy atom. The molecule has 0 unspecified atom stereocenters. The van der Waals surface area contributed by atoms with Crippen molar-refractivity contribution in [1.29, 1.82) is 0 Å². The number of benzene rings is 1. The van der Waals surface area contributed by atoms with E-state index >= 15 is 0 Å². The monoisotopic (exact) mass is 476 g/mol. The van der Waals surface area contributed by atoms with Gasteiger partial charge in [-0.2, -0.15) is 5.10 Å². The second-order valence-corrected chi connectivity index (χ2v) is 9.46. The number of nitrogens with zero attached hydrogens (tertiary/aromatic N) is 2. The summed E-state index contributed by atoms with van der Waals surface area (Å²) >= 11 is 7.36. The van der Waals surface area contributed by atoms with Crippen molar-refractivity contribution in [3.05, 3.63) is 46.8 Å². The molecule has 170 valence electrons. The summed E-state index contributed by atoms with van der Waals surface area (Å²) in [6.45, 7) is 1.96. The molecule has 2 amide bonds. The lowest BCUT2D eigenvalue weighted by Gasteiger charge is -2.42. The van der Waals surface area contributed by atoms with Crippen molar-refractivity contribution in [2.45, 2.75) is 55.6 Å². The van der Waals surface area contributed by atoms with E-state index in [2.05, 4.69) is 21.0 Å². The number of carbonyl (C=O) groups excluding carboxylic acids is 2. The van der Waals surface area contributed by atoms with Crippen LogP contribution in [0.15, 0.2) is 44.9 Å². The van der Waals surface area contributed by atoms with Gasteiger partial charge in [-0.1, -0.05) is 35.0 Å². The number of ether oxygens (including phenoxy) is 1. The summed E-state index contributed by atoms with van der Waals surface area (Å²) in [5, 5.41) is 11.0. The smallest absolute Gasteiger partial charge is 0.428 e. The first-order valence-electron chi connectivity index (χ1n) is 10.5. The summed E-state index contributed by atoms with van der Waals surface area (Å²) in [5.41, 5.74) is 3.53. The summed E-state index contributed by atoms with van der Waals surface area (Å²) in [5.74, 6) is 0.152. The first kappa shape index (κ1) is 22.7. The topological polar surface area (TPSA) is 106 Å². The number of aromatic nitrogens is 1. The van der Waals surface area contributed by atoms with Crippen LogP contribution in [0, 0.1) is 5.92 Å². The molecule has 2 aliphatic rings. The van der Waals surface area contributed by atoms with Gasteiger partial charge in [0.15, 0.2) is 10.8 Å². The van der Waals surface area contributed by atoms with Crippen LogP contribution in [-0.4, -0.2) is 40.8 Å². The van der Waals surface area contributed by atoms with Crippen LogP contribution in [0.4, 0.5) is 4.79 Å². The van der Waals surface area contributed by atoms with E-state index in [1.165, 1.54) is 6.07 Å². The molecule has 32 heavy (non-hydrogen) atoms. The fourth-order valence-electron chi connectivity index (χ4n) is 4.53. The highest BCUT2D eigenvalue weighted by Crippen LogP contribution is 2.41. The summed E-state index contributed by atoms with van der Waals surface area (Å²) < 4.78 is 10.8. The van der Waals surface area contributed by atoms with Crippen molar-refractivity contribution in [3.63, 3.8) is 0 Å². The number of carbonyl (C=O) groups is 2. The Labute approximate surface area is 195 Å². The van der Waals surface area contributed by atoms with E-state index in [-0.39, 0.29) is 22.9 Å². The molecule has 1 saturated carbocycles. The molecule has 1 fully saturated rings. The summed E-state index contributed by atoms with van der Waals surface area (Å²) in [7, 11) is 0. The number of halogens is 1. The van der Waals surface area contributed by atoms with Crippen LogP contribution >= 0.6 is 23.4 Å². The zero-order valence-electron chi connectivity index (χ0n) is 17.9. The van der Waals surface area contributed by atoms with Crippen molar-refractivity contribution in [2.75, 3.05) is 6.26 Å². The molecule has 1 atom stereocenters. The predicted octanol–water partition coefficient (Wildman–Crippen LogP) is 4.63. The molecule has 0 saturated heterocycles. The zero-order valence-corrected chi connectivity index (χ0v) is 19.5. The normalized spacial score (nSPS) is 23.8. The summed E-state index contributed by atoms with van der Waals surface area (Å²) in [4.78, 5) is 25.4. The van der Waals surface area contributed by atoms with Crippen LogP contribution in [0.25, 0.3) is 0 Å². The van der Waals surface area contributed by atoms with Gasteiger partial charge in [0.25, 0.3) is 5.91 Å². The first-order chi connectivity index (χ1) is 15.4. The molecule has 2 aromatic rings. The maximum atomic E-state index is 12.3. The number of hydrogen-bond donors (Lipinski definition) is 2. The SMILES string of the molecule is CSc1ccccc1C1=NNC(=O)OC12CCC(C[C@H](C)NC(=O)c1cc(Cl)no1)CC2.